The molecule has 0 heterocycles. The predicted molar refractivity (Wildman–Crippen MR) is 65.4 cm³/mol. The van der Waals surface area contributed by atoms with Crippen LogP contribution in [0.25, 0.3) is 0 Å². The van der Waals surface area contributed by atoms with Crippen LogP contribution in [-0.2, 0) is 0 Å². The van der Waals surface area contributed by atoms with E-state index in [1.165, 1.54) is 0 Å². The van der Waals surface area contributed by atoms with E-state index in [1.807, 2.05) is 25.6 Å². The first-order valence-corrected chi connectivity index (χ1v) is 6.04. The lowest BCUT2D eigenvalue weighted by Gasteiger charge is -2.24. The number of rotatable bonds is 4. The lowest BCUT2D eigenvalue weighted by atomic mass is 9.93. The van der Waals surface area contributed by atoms with Crippen molar-refractivity contribution in [1.82, 2.24) is 0 Å². The summed E-state index contributed by atoms with van der Waals surface area (Å²) < 4.78 is 0. The van der Waals surface area contributed by atoms with E-state index < -0.39 is 5.60 Å². The van der Waals surface area contributed by atoms with Crippen LogP contribution in [0.5, 0.6) is 0 Å². The van der Waals surface area contributed by atoms with Crippen LogP contribution >= 0.6 is 11.8 Å². The Hall–Kier alpha value is -0.390. The second kappa shape index (κ2) is 6.16. The average Bonchev–Trinajstić information content (AvgIpc) is 2.11. The fourth-order valence-corrected chi connectivity index (χ4v) is 1.73. The molecule has 2 heteroatoms. The molecule has 0 spiro atoms. The summed E-state index contributed by atoms with van der Waals surface area (Å²) in [4.78, 5) is 0. The van der Waals surface area contributed by atoms with E-state index in [-0.39, 0.29) is 5.92 Å². The molecule has 0 aromatic rings. The molecule has 0 aromatic heterocycles. The quantitative estimate of drug-likeness (QED) is 0.723. The topological polar surface area (TPSA) is 20.2 Å². The Labute approximate surface area is 92.0 Å². The van der Waals surface area contributed by atoms with Crippen molar-refractivity contribution in [2.75, 3.05) is 11.5 Å². The Morgan fingerprint density at radius 3 is 2.64 bits per heavy atom. The summed E-state index contributed by atoms with van der Waals surface area (Å²) in [5.41, 5.74) is -0.109. The second-order valence-electron chi connectivity index (χ2n) is 3.74. The van der Waals surface area contributed by atoms with Gasteiger partial charge in [0.25, 0.3) is 0 Å². The predicted octanol–water partition coefficient (Wildman–Crippen LogP) is 2.71. The van der Waals surface area contributed by atoms with Crippen LogP contribution in [0.4, 0.5) is 0 Å². The first-order valence-electron chi connectivity index (χ1n) is 4.89. The summed E-state index contributed by atoms with van der Waals surface area (Å²) in [5.74, 6) is 7.90. The van der Waals surface area contributed by atoms with Gasteiger partial charge in [0.05, 0.1) is 0 Å². The van der Waals surface area contributed by atoms with Crippen LogP contribution < -0.4 is 0 Å². The maximum atomic E-state index is 10.0. The summed E-state index contributed by atoms with van der Waals surface area (Å²) in [7, 11) is 0. The van der Waals surface area contributed by atoms with Gasteiger partial charge in [0.1, 0.15) is 5.60 Å². The number of allylic oxidation sites excluding steroid dienone is 1. The van der Waals surface area contributed by atoms with Gasteiger partial charge in [0.2, 0.25) is 0 Å². The molecule has 0 rings (SSSR count). The SMILES string of the molecule is C=C(C)C#CC(C)(O)C(C)CSCC. The lowest BCUT2D eigenvalue weighted by Crippen LogP contribution is -2.32. The highest BCUT2D eigenvalue weighted by Crippen LogP contribution is 2.20. The van der Waals surface area contributed by atoms with Gasteiger partial charge in [0.15, 0.2) is 0 Å². The highest BCUT2D eigenvalue weighted by molar-refractivity contribution is 7.99. The highest BCUT2D eigenvalue weighted by atomic mass is 32.2. The molecule has 0 saturated carbocycles. The molecule has 0 radical (unpaired) electrons. The van der Waals surface area contributed by atoms with Crippen LogP contribution in [0.1, 0.15) is 27.7 Å². The van der Waals surface area contributed by atoms with Crippen molar-refractivity contribution in [2.24, 2.45) is 5.92 Å². The van der Waals surface area contributed by atoms with Crippen molar-refractivity contribution >= 4 is 11.8 Å². The van der Waals surface area contributed by atoms with Gasteiger partial charge in [-0.25, -0.2) is 0 Å². The van der Waals surface area contributed by atoms with Crippen LogP contribution in [-0.4, -0.2) is 22.2 Å². The van der Waals surface area contributed by atoms with Crippen molar-refractivity contribution in [3.8, 4) is 11.8 Å². The summed E-state index contributed by atoms with van der Waals surface area (Å²) in [6, 6.07) is 0. The van der Waals surface area contributed by atoms with E-state index in [9.17, 15) is 5.11 Å². The molecule has 0 fully saturated rings. The maximum Gasteiger partial charge on any atom is 0.126 e. The molecule has 2 unspecified atom stereocenters. The van der Waals surface area contributed by atoms with Crippen molar-refractivity contribution < 1.29 is 5.11 Å². The largest absolute Gasteiger partial charge is 0.378 e. The van der Waals surface area contributed by atoms with Crippen molar-refractivity contribution in [1.29, 1.82) is 0 Å². The monoisotopic (exact) mass is 212 g/mol. The smallest absolute Gasteiger partial charge is 0.126 e. The number of hydrogen-bond acceptors (Lipinski definition) is 2. The Kier molecular flexibility index (Phi) is 5.99. The van der Waals surface area contributed by atoms with Gasteiger partial charge in [-0.15, -0.1) is 0 Å². The molecule has 80 valence electrons. The first-order chi connectivity index (χ1) is 6.40. The Balaban J connectivity index is 4.31. The first kappa shape index (κ1) is 13.6. The van der Waals surface area contributed by atoms with E-state index in [2.05, 4.69) is 25.3 Å². The summed E-state index contributed by atoms with van der Waals surface area (Å²) in [5, 5.41) is 10.0. The molecule has 0 aromatic carbocycles. The van der Waals surface area contributed by atoms with E-state index in [4.69, 9.17) is 0 Å². The molecule has 0 aliphatic rings. The molecule has 0 amide bonds. The minimum Gasteiger partial charge on any atom is -0.378 e. The molecule has 2 atom stereocenters. The van der Waals surface area contributed by atoms with Gasteiger partial charge < -0.3 is 5.11 Å². The lowest BCUT2D eigenvalue weighted by molar-refractivity contribution is 0.0747. The van der Waals surface area contributed by atoms with Crippen LogP contribution in [0.3, 0.4) is 0 Å². The average molecular weight is 212 g/mol. The zero-order chi connectivity index (χ0) is 11.2. The van der Waals surface area contributed by atoms with Gasteiger partial charge in [-0.05, 0) is 30.9 Å². The second-order valence-corrected chi connectivity index (χ2v) is 5.06. The van der Waals surface area contributed by atoms with E-state index >= 15 is 0 Å². The van der Waals surface area contributed by atoms with Gasteiger partial charge in [-0.1, -0.05) is 32.3 Å². The minimum atomic E-state index is -0.902. The highest BCUT2D eigenvalue weighted by Gasteiger charge is 2.25. The van der Waals surface area contributed by atoms with Crippen LogP contribution in [0, 0.1) is 17.8 Å². The molecule has 14 heavy (non-hydrogen) atoms. The summed E-state index contributed by atoms with van der Waals surface area (Å²) in [6.45, 7) is 11.4. The molecule has 0 bridgehead atoms. The van der Waals surface area contributed by atoms with Gasteiger partial charge in [-0.3, -0.25) is 0 Å². The zero-order valence-corrected chi connectivity index (χ0v) is 10.4. The van der Waals surface area contributed by atoms with E-state index in [1.54, 1.807) is 6.92 Å². The van der Waals surface area contributed by atoms with E-state index in [0.29, 0.717) is 0 Å². The number of aliphatic hydroxyl groups is 1. The normalized spacial score (nSPS) is 16.4. The minimum absolute atomic E-state index is 0.180. The molecule has 1 N–H and O–H groups in total. The Morgan fingerprint density at radius 1 is 1.64 bits per heavy atom. The number of thioether (sulfide) groups is 1. The summed E-state index contributed by atoms with van der Waals surface area (Å²) in [6.07, 6.45) is 0. The molecule has 1 nitrogen and oxygen atoms in total. The maximum absolute atomic E-state index is 10.0. The Morgan fingerprint density at radius 2 is 2.21 bits per heavy atom. The van der Waals surface area contributed by atoms with Crippen molar-refractivity contribution in [2.45, 2.75) is 33.3 Å². The third-order valence-electron chi connectivity index (χ3n) is 2.06. The van der Waals surface area contributed by atoms with Crippen molar-refractivity contribution in [3.05, 3.63) is 12.2 Å². The Bertz CT molecular complexity index is 245. The third-order valence-corrected chi connectivity index (χ3v) is 3.20. The van der Waals surface area contributed by atoms with Gasteiger partial charge in [0, 0.05) is 5.92 Å². The van der Waals surface area contributed by atoms with Crippen molar-refractivity contribution in [3.63, 3.8) is 0 Å². The number of hydrogen-bond donors (Lipinski definition) is 1. The molecular weight excluding hydrogens is 192 g/mol. The van der Waals surface area contributed by atoms with Gasteiger partial charge >= 0.3 is 0 Å². The standard InChI is InChI=1S/C12H20OS/c1-6-14-9-11(4)12(5,13)8-7-10(2)3/h11,13H,2,6,9H2,1,3-5H3. The molecule has 0 aliphatic carbocycles. The van der Waals surface area contributed by atoms with E-state index in [0.717, 1.165) is 17.1 Å². The van der Waals surface area contributed by atoms with Crippen LogP contribution in [0.2, 0.25) is 0 Å². The third kappa shape index (κ3) is 5.36. The zero-order valence-electron chi connectivity index (χ0n) is 9.55. The fraction of sp³-hybridized carbons (Fsp3) is 0.667. The molecular formula is C12H20OS. The molecule has 0 aliphatic heterocycles. The van der Waals surface area contributed by atoms with Crippen LogP contribution in [0.15, 0.2) is 12.2 Å². The molecule has 0 saturated heterocycles. The fourth-order valence-electron chi connectivity index (χ4n) is 0.813. The van der Waals surface area contributed by atoms with Gasteiger partial charge in [-0.2, -0.15) is 11.8 Å². The summed E-state index contributed by atoms with van der Waals surface area (Å²) >= 11 is 1.83.